The van der Waals surface area contributed by atoms with Crippen molar-refractivity contribution in [3.05, 3.63) is 23.8 Å². The molecule has 1 aromatic rings. The minimum atomic E-state index is -0.714. The Morgan fingerprint density at radius 1 is 1.11 bits per heavy atom. The van der Waals surface area contributed by atoms with E-state index in [2.05, 4.69) is 4.90 Å². The molecule has 6 heteroatoms. The number of nitrogens with zero attached hydrogens (tertiary/aromatic N) is 1. The number of ketones is 1. The summed E-state index contributed by atoms with van der Waals surface area (Å²) in [5.41, 5.74) is 0.590. The number of Topliss-reactive ketones (excluding diaryl/α,β-unsaturated/α-hetero) is 1. The van der Waals surface area contributed by atoms with Gasteiger partial charge in [0.2, 0.25) is 0 Å². The molecule has 0 aliphatic carbocycles. The smallest absolute Gasteiger partial charge is 0.306 e. The Morgan fingerprint density at radius 2 is 1.78 bits per heavy atom. The zero-order valence-corrected chi connectivity index (χ0v) is 16.4. The number of benzene rings is 1. The first kappa shape index (κ1) is 21.2. The molecule has 27 heavy (non-hydrogen) atoms. The van der Waals surface area contributed by atoms with Crippen LogP contribution in [0.5, 0.6) is 11.5 Å². The Hall–Kier alpha value is -2.08. The highest BCUT2D eigenvalue weighted by molar-refractivity contribution is 5.99. The summed E-state index contributed by atoms with van der Waals surface area (Å²) in [7, 11) is 0. The number of hydrogen-bond acceptors (Lipinski definition) is 5. The summed E-state index contributed by atoms with van der Waals surface area (Å²) >= 11 is 0. The van der Waals surface area contributed by atoms with Gasteiger partial charge in [0.05, 0.1) is 24.7 Å². The van der Waals surface area contributed by atoms with E-state index in [-0.39, 0.29) is 11.7 Å². The summed E-state index contributed by atoms with van der Waals surface area (Å²) in [6.07, 6.45) is 3.49. The summed E-state index contributed by atoms with van der Waals surface area (Å²) in [5.74, 6) is 0.384. The standard InChI is InChI=1S/C21H31NO5/c1-3-13-26-17-5-6-18(20(15-17)27-14-4-2)19(23)9-12-22-10-7-16(8-11-22)21(24)25/h5-6,15-16H,3-4,7-14H2,1-2H3,(H,24,25). The average Bonchev–Trinajstić information content (AvgIpc) is 2.69. The van der Waals surface area contributed by atoms with Crippen LogP contribution >= 0.6 is 0 Å². The van der Waals surface area contributed by atoms with Crippen LogP contribution in [-0.2, 0) is 4.79 Å². The fraction of sp³-hybridized carbons (Fsp3) is 0.619. The van der Waals surface area contributed by atoms with Crippen molar-refractivity contribution in [2.45, 2.75) is 46.0 Å². The number of piperidine rings is 1. The molecule has 0 aromatic heterocycles. The minimum Gasteiger partial charge on any atom is -0.493 e. The molecule has 0 bridgehead atoms. The highest BCUT2D eigenvalue weighted by atomic mass is 16.5. The highest BCUT2D eigenvalue weighted by Crippen LogP contribution is 2.27. The Bertz CT molecular complexity index is 623. The maximum absolute atomic E-state index is 12.7. The molecule has 1 N–H and O–H groups in total. The van der Waals surface area contributed by atoms with Crippen molar-refractivity contribution in [3.63, 3.8) is 0 Å². The molecule has 1 aliphatic rings. The predicted octanol–water partition coefficient (Wildman–Crippen LogP) is 3.63. The Kier molecular flexibility index (Phi) is 8.58. The number of aliphatic carboxylic acids is 1. The van der Waals surface area contributed by atoms with Crippen LogP contribution in [0.1, 0.15) is 56.3 Å². The van der Waals surface area contributed by atoms with Crippen LogP contribution < -0.4 is 9.47 Å². The highest BCUT2D eigenvalue weighted by Gasteiger charge is 2.25. The molecule has 0 atom stereocenters. The quantitative estimate of drug-likeness (QED) is 0.594. The third-order valence-corrected chi connectivity index (χ3v) is 4.78. The first-order chi connectivity index (χ1) is 13.0. The number of hydrogen-bond donors (Lipinski definition) is 1. The minimum absolute atomic E-state index is 0.0449. The Labute approximate surface area is 161 Å². The van der Waals surface area contributed by atoms with Gasteiger partial charge in [-0.05, 0) is 50.9 Å². The van der Waals surface area contributed by atoms with E-state index in [0.717, 1.165) is 31.7 Å². The van der Waals surface area contributed by atoms with Crippen molar-refractivity contribution in [2.75, 3.05) is 32.8 Å². The number of carbonyl (C=O) groups is 2. The second-order valence-electron chi connectivity index (χ2n) is 6.98. The molecular weight excluding hydrogens is 346 g/mol. The van der Waals surface area contributed by atoms with Gasteiger partial charge in [-0.2, -0.15) is 0 Å². The third kappa shape index (κ3) is 6.54. The molecule has 6 nitrogen and oxygen atoms in total. The number of carboxylic acids is 1. The van der Waals surface area contributed by atoms with Crippen LogP contribution in [0.25, 0.3) is 0 Å². The van der Waals surface area contributed by atoms with Gasteiger partial charge in [-0.3, -0.25) is 9.59 Å². The second kappa shape index (κ2) is 10.9. The first-order valence-corrected chi connectivity index (χ1v) is 9.93. The molecule has 1 saturated heterocycles. The molecule has 0 spiro atoms. The van der Waals surface area contributed by atoms with Crippen LogP contribution in [0.3, 0.4) is 0 Å². The van der Waals surface area contributed by atoms with Gasteiger partial charge in [0.15, 0.2) is 5.78 Å². The molecule has 0 saturated carbocycles. The maximum Gasteiger partial charge on any atom is 0.306 e. The third-order valence-electron chi connectivity index (χ3n) is 4.78. The Balaban J connectivity index is 1.94. The fourth-order valence-corrected chi connectivity index (χ4v) is 3.17. The molecular formula is C21H31NO5. The molecule has 1 heterocycles. The van der Waals surface area contributed by atoms with E-state index in [4.69, 9.17) is 14.6 Å². The number of carboxylic acid groups (broad SMARTS) is 1. The van der Waals surface area contributed by atoms with Crippen molar-refractivity contribution in [1.82, 2.24) is 4.90 Å². The number of likely N-dealkylation sites (tertiary alicyclic amines) is 1. The van der Waals surface area contributed by atoms with E-state index in [0.29, 0.717) is 50.3 Å². The van der Waals surface area contributed by atoms with E-state index in [1.54, 1.807) is 12.1 Å². The maximum atomic E-state index is 12.7. The Morgan fingerprint density at radius 3 is 2.41 bits per heavy atom. The number of ether oxygens (including phenoxy) is 2. The molecule has 150 valence electrons. The molecule has 2 rings (SSSR count). The zero-order chi connectivity index (χ0) is 19.6. The zero-order valence-electron chi connectivity index (χ0n) is 16.4. The monoisotopic (exact) mass is 377 g/mol. The summed E-state index contributed by atoms with van der Waals surface area (Å²) in [6, 6.07) is 5.41. The van der Waals surface area contributed by atoms with Gasteiger partial charge in [0.25, 0.3) is 0 Å². The van der Waals surface area contributed by atoms with Gasteiger partial charge in [0, 0.05) is 19.0 Å². The average molecular weight is 377 g/mol. The SMILES string of the molecule is CCCOc1ccc(C(=O)CCN2CCC(C(=O)O)CC2)c(OCCC)c1. The van der Waals surface area contributed by atoms with Crippen molar-refractivity contribution in [1.29, 1.82) is 0 Å². The van der Waals surface area contributed by atoms with Gasteiger partial charge in [-0.1, -0.05) is 13.8 Å². The fourth-order valence-electron chi connectivity index (χ4n) is 3.17. The molecule has 1 aliphatic heterocycles. The molecule has 0 radical (unpaired) electrons. The van der Waals surface area contributed by atoms with Crippen LogP contribution in [0.15, 0.2) is 18.2 Å². The lowest BCUT2D eigenvalue weighted by molar-refractivity contribution is -0.143. The second-order valence-corrected chi connectivity index (χ2v) is 6.98. The lowest BCUT2D eigenvalue weighted by atomic mass is 9.97. The first-order valence-electron chi connectivity index (χ1n) is 9.93. The molecule has 1 aromatic carbocycles. The predicted molar refractivity (Wildman–Crippen MR) is 104 cm³/mol. The van der Waals surface area contributed by atoms with E-state index in [1.165, 1.54) is 0 Å². The van der Waals surface area contributed by atoms with Crippen LogP contribution in [-0.4, -0.2) is 54.6 Å². The van der Waals surface area contributed by atoms with Crippen molar-refractivity contribution in [3.8, 4) is 11.5 Å². The van der Waals surface area contributed by atoms with Gasteiger partial charge in [-0.15, -0.1) is 0 Å². The van der Waals surface area contributed by atoms with Crippen LogP contribution in [0.2, 0.25) is 0 Å². The van der Waals surface area contributed by atoms with E-state index < -0.39 is 5.97 Å². The molecule has 0 amide bonds. The normalized spacial score (nSPS) is 15.5. The lowest BCUT2D eigenvalue weighted by Crippen LogP contribution is -2.37. The van der Waals surface area contributed by atoms with Crippen molar-refractivity contribution >= 4 is 11.8 Å². The van der Waals surface area contributed by atoms with Crippen molar-refractivity contribution in [2.24, 2.45) is 5.92 Å². The van der Waals surface area contributed by atoms with E-state index in [9.17, 15) is 9.59 Å². The summed E-state index contributed by atoms with van der Waals surface area (Å²) in [5, 5.41) is 9.07. The van der Waals surface area contributed by atoms with Crippen LogP contribution in [0.4, 0.5) is 0 Å². The van der Waals surface area contributed by atoms with Gasteiger partial charge >= 0.3 is 5.97 Å². The van der Waals surface area contributed by atoms with Gasteiger partial charge in [-0.25, -0.2) is 0 Å². The summed E-state index contributed by atoms with van der Waals surface area (Å²) < 4.78 is 11.4. The van der Waals surface area contributed by atoms with E-state index in [1.807, 2.05) is 19.9 Å². The van der Waals surface area contributed by atoms with Crippen LogP contribution in [0, 0.1) is 5.92 Å². The largest absolute Gasteiger partial charge is 0.493 e. The molecule has 1 fully saturated rings. The van der Waals surface area contributed by atoms with E-state index >= 15 is 0 Å². The number of carbonyl (C=O) groups excluding carboxylic acids is 1. The summed E-state index contributed by atoms with van der Waals surface area (Å²) in [4.78, 5) is 25.9. The van der Waals surface area contributed by atoms with Crippen molar-refractivity contribution < 1.29 is 24.2 Å². The van der Waals surface area contributed by atoms with Gasteiger partial charge in [0.1, 0.15) is 11.5 Å². The topological polar surface area (TPSA) is 76.1 Å². The lowest BCUT2D eigenvalue weighted by Gasteiger charge is -2.29. The van der Waals surface area contributed by atoms with Gasteiger partial charge < -0.3 is 19.5 Å². The number of rotatable bonds is 11. The summed E-state index contributed by atoms with van der Waals surface area (Å²) in [6.45, 7) is 7.37. The molecule has 0 unspecified atom stereocenters.